The predicted octanol–water partition coefficient (Wildman–Crippen LogP) is 2.16. The summed E-state index contributed by atoms with van der Waals surface area (Å²) in [5.41, 5.74) is 7.05. The molecule has 1 aromatic rings. The number of methoxy groups -OCH3 is 1. The number of ether oxygens (including phenoxy) is 2. The summed E-state index contributed by atoms with van der Waals surface area (Å²) in [4.78, 5) is 11.4. The second-order valence-electron chi connectivity index (χ2n) is 6.73. The van der Waals surface area contributed by atoms with Crippen LogP contribution in [0.1, 0.15) is 36.0 Å². The van der Waals surface area contributed by atoms with Crippen LogP contribution in [0.4, 0.5) is 5.69 Å². The van der Waals surface area contributed by atoms with Crippen LogP contribution < -0.4 is 15.8 Å². The molecule has 5 nitrogen and oxygen atoms in total. The lowest BCUT2D eigenvalue weighted by atomic mass is 9.46. The van der Waals surface area contributed by atoms with E-state index in [1.807, 2.05) is 0 Å². The van der Waals surface area contributed by atoms with Gasteiger partial charge in [0.15, 0.2) is 0 Å². The van der Waals surface area contributed by atoms with Crippen molar-refractivity contribution in [2.24, 2.45) is 17.1 Å². The summed E-state index contributed by atoms with van der Waals surface area (Å²) in [5, 5.41) is 3.64. The van der Waals surface area contributed by atoms with Gasteiger partial charge in [0.1, 0.15) is 5.75 Å². The average molecular weight is 302 g/mol. The van der Waals surface area contributed by atoms with Gasteiger partial charge in [-0.1, -0.05) is 6.42 Å². The number of amides is 1. The average Bonchev–Trinajstić information content (AvgIpc) is 2.88. The largest absolute Gasteiger partial charge is 0.495 e. The molecule has 3 atom stereocenters. The van der Waals surface area contributed by atoms with Crippen molar-refractivity contribution in [3.63, 3.8) is 0 Å². The summed E-state index contributed by atoms with van der Waals surface area (Å²) < 4.78 is 11.4. The Morgan fingerprint density at radius 1 is 1.45 bits per heavy atom. The molecule has 0 unspecified atom stereocenters. The van der Waals surface area contributed by atoms with Gasteiger partial charge in [-0.2, -0.15) is 0 Å². The van der Waals surface area contributed by atoms with Gasteiger partial charge < -0.3 is 20.5 Å². The first kappa shape index (κ1) is 13.9. The number of carbonyl (C=O) groups excluding carboxylic acids is 1. The van der Waals surface area contributed by atoms with Crippen molar-refractivity contribution in [3.8, 4) is 5.75 Å². The molecular weight excluding hydrogens is 280 g/mol. The van der Waals surface area contributed by atoms with Crippen molar-refractivity contribution < 1.29 is 14.3 Å². The Morgan fingerprint density at radius 3 is 2.91 bits per heavy atom. The van der Waals surface area contributed by atoms with Crippen LogP contribution in [0, 0.1) is 11.3 Å². The summed E-state index contributed by atoms with van der Waals surface area (Å²) in [6.07, 6.45) is 5.27. The van der Waals surface area contributed by atoms with E-state index in [2.05, 4.69) is 5.32 Å². The lowest BCUT2D eigenvalue weighted by Gasteiger charge is -2.63. The molecule has 1 saturated heterocycles. The molecule has 1 spiro atoms. The Kier molecular flexibility index (Phi) is 3.08. The molecule has 2 aliphatic carbocycles. The van der Waals surface area contributed by atoms with Crippen molar-refractivity contribution in [2.75, 3.05) is 19.0 Å². The van der Waals surface area contributed by atoms with Crippen molar-refractivity contribution in [2.45, 2.75) is 37.8 Å². The molecule has 1 aliphatic heterocycles. The Balaban J connectivity index is 1.62. The van der Waals surface area contributed by atoms with Crippen LogP contribution in [-0.4, -0.2) is 31.8 Å². The van der Waals surface area contributed by atoms with E-state index in [9.17, 15) is 4.79 Å². The monoisotopic (exact) mass is 302 g/mol. The Morgan fingerprint density at radius 2 is 2.27 bits per heavy atom. The van der Waals surface area contributed by atoms with Gasteiger partial charge >= 0.3 is 0 Å². The summed E-state index contributed by atoms with van der Waals surface area (Å²) in [5.74, 6) is 0.906. The van der Waals surface area contributed by atoms with Gasteiger partial charge in [-0.3, -0.25) is 4.79 Å². The predicted molar refractivity (Wildman–Crippen MR) is 83.1 cm³/mol. The molecule has 3 N–H and O–H groups in total. The molecule has 22 heavy (non-hydrogen) atoms. The zero-order valence-electron chi connectivity index (χ0n) is 12.8. The first-order valence-corrected chi connectivity index (χ1v) is 8.02. The molecule has 3 fully saturated rings. The van der Waals surface area contributed by atoms with Crippen LogP contribution in [0.5, 0.6) is 5.75 Å². The quantitative estimate of drug-likeness (QED) is 0.894. The highest BCUT2D eigenvalue weighted by atomic mass is 16.5. The van der Waals surface area contributed by atoms with Crippen molar-refractivity contribution >= 4 is 11.6 Å². The SMILES string of the molecule is COc1ccc(C(N)=O)cc1N[C@@H]1[C@@H]2CCO[C@H]2C12CCC2. The molecule has 118 valence electrons. The van der Waals surface area contributed by atoms with E-state index < -0.39 is 5.91 Å². The number of primary amides is 1. The lowest BCUT2D eigenvalue weighted by Crippen LogP contribution is -2.68. The number of nitrogens with one attached hydrogen (secondary N) is 1. The zero-order valence-corrected chi connectivity index (χ0v) is 12.8. The Bertz CT molecular complexity index is 612. The molecule has 2 saturated carbocycles. The topological polar surface area (TPSA) is 73.6 Å². The van der Waals surface area contributed by atoms with Gasteiger partial charge in [-0.25, -0.2) is 0 Å². The first-order valence-electron chi connectivity index (χ1n) is 8.02. The number of hydrogen-bond acceptors (Lipinski definition) is 4. The van der Waals surface area contributed by atoms with Crippen molar-refractivity contribution in [1.29, 1.82) is 0 Å². The van der Waals surface area contributed by atoms with E-state index in [-0.39, 0.29) is 5.41 Å². The van der Waals surface area contributed by atoms with E-state index in [0.717, 1.165) is 24.5 Å². The van der Waals surface area contributed by atoms with E-state index in [4.69, 9.17) is 15.2 Å². The Labute approximate surface area is 130 Å². The third kappa shape index (κ3) is 1.78. The minimum atomic E-state index is -0.417. The number of nitrogens with two attached hydrogens (primary N) is 1. The Hall–Kier alpha value is -1.75. The fourth-order valence-electron chi connectivity index (χ4n) is 4.60. The number of benzene rings is 1. The van der Waals surface area contributed by atoms with E-state index in [0.29, 0.717) is 23.6 Å². The summed E-state index contributed by atoms with van der Waals surface area (Å²) >= 11 is 0. The molecule has 0 bridgehead atoms. The van der Waals surface area contributed by atoms with Gasteiger partial charge in [-0.05, 0) is 37.5 Å². The zero-order chi connectivity index (χ0) is 15.3. The minimum Gasteiger partial charge on any atom is -0.495 e. The highest BCUT2D eigenvalue weighted by Crippen LogP contribution is 2.63. The molecule has 1 heterocycles. The first-order chi connectivity index (χ1) is 10.7. The van der Waals surface area contributed by atoms with Gasteiger partial charge in [0.2, 0.25) is 5.91 Å². The summed E-state index contributed by atoms with van der Waals surface area (Å²) in [6, 6.07) is 5.72. The van der Waals surface area contributed by atoms with E-state index >= 15 is 0 Å². The third-order valence-corrected chi connectivity index (χ3v) is 5.83. The second-order valence-corrected chi connectivity index (χ2v) is 6.73. The molecule has 1 amide bonds. The molecule has 1 aromatic carbocycles. The number of hydrogen-bond donors (Lipinski definition) is 2. The van der Waals surface area contributed by atoms with Crippen LogP contribution >= 0.6 is 0 Å². The normalized spacial score (nSPS) is 31.0. The minimum absolute atomic E-state index is 0.287. The highest BCUT2D eigenvalue weighted by molar-refractivity contribution is 5.94. The van der Waals surface area contributed by atoms with Crippen LogP contribution in [-0.2, 0) is 4.74 Å². The maximum atomic E-state index is 11.4. The molecule has 0 aromatic heterocycles. The molecule has 4 rings (SSSR count). The van der Waals surface area contributed by atoms with Crippen molar-refractivity contribution in [3.05, 3.63) is 23.8 Å². The third-order valence-electron chi connectivity index (χ3n) is 5.83. The number of carbonyl (C=O) groups is 1. The van der Waals surface area contributed by atoms with Crippen molar-refractivity contribution in [1.82, 2.24) is 0 Å². The smallest absolute Gasteiger partial charge is 0.248 e. The fraction of sp³-hybridized carbons (Fsp3) is 0.588. The second kappa shape index (κ2) is 4.88. The number of anilines is 1. The highest BCUT2D eigenvalue weighted by Gasteiger charge is 2.66. The van der Waals surface area contributed by atoms with Crippen LogP contribution in [0.2, 0.25) is 0 Å². The number of rotatable bonds is 4. The summed E-state index contributed by atoms with van der Waals surface area (Å²) in [7, 11) is 1.64. The van der Waals surface area contributed by atoms with Crippen LogP contribution in [0.3, 0.4) is 0 Å². The van der Waals surface area contributed by atoms with Gasteiger partial charge in [-0.15, -0.1) is 0 Å². The standard InChI is InChI=1S/C17H22N2O3/c1-21-13-4-3-10(16(18)20)9-12(13)19-14-11-5-8-22-15(11)17(14)6-2-7-17/h3-4,9,11,14-15,19H,2,5-8H2,1H3,(H2,18,20)/t11-,14+,15+/m0/s1. The van der Waals surface area contributed by atoms with Crippen LogP contribution in [0.15, 0.2) is 18.2 Å². The molecule has 3 aliphatic rings. The van der Waals surface area contributed by atoms with Crippen LogP contribution in [0.25, 0.3) is 0 Å². The fourth-order valence-corrected chi connectivity index (χ4v) is 4.60. The van der Waals surface area contributed by atoms with E-state index in [1.165, 1.54) is 19.3 Å². The number of fused-ring (bicyclic) bond motifs is 2. The van der Waals surface area contributed by atoms with Gasteiger partial charge in [0, 0.05) is 29.5 Å². The summed E-state index contributed by atoms with van der Waals surface area (Å²) in [6.45, 7) is 0.869. The van der Waals surface area contributed by atoms with Gasteiger partial charge in [0.05, 0.1) is 18.9 Å². The molecule has 0 radical (unpaired) electrons. The van der Waals surface area contributed by atoms with Gasteiger partial charge in [0.25, 0.3) is 0 Å². The maximum Gasteiger partial charge on any atom is 0.248 e. The molecule has 5 heteroatoms. The lowest BCUT2D eigenvalue weighted by molar-refractivity contribution is -0.158. The van der Waals surface area contributed by atoms with E-state index in [1.54, 1.807) is 25.3 Å². The molecular formula is C17H22N2O3. The maximum absolute atomic E-state index is 11.4.